The summed E-state index contributed by atoms with van der Waals surface area (Å²) in [5.74, 6) is -1.85. The van der Waals surface area contributed by atoms with Gasteiger partial charge in [-0.25, -0.2) is 4.39 Å². The SMILES string of the molecule is O=C1CC(C(=O)NCC(O)c2ccsc2)c2ccc(F)cc2N1. The van der Waals surface area contributed by atoms with E-state index in [9.17, 15) is 19.1 Å². The highest BCUT2D eigenvalue weighted by Gasteiger charge is 2.31. The van der Waals surface area contributed by atoms with Gasteiger partial charge in [-0.05, 0) is 40.1 Å². The first kappa shape index (κ1) is 15.6. The van der Waals surface area contributed by atoms with Gasteiger partial charge in [-0.3, -0.25) is 9.59 Å². The van der Waals surface area contributed by atoms with E-state index in [-0.39, 0.29) is 24.8 Å². The maximum Gasteiger partial charge on any atom is 0.228 e. The Morgan fingerprint density at radius 3 is 3.04 bits per heavy atom. The monoisotopic (exact) mass is 334 g/mol. The second-order valence-corrected chi connectivity index (χ2v) is 6.13. The van der Waals surface area contributed by atoms with E-state index >= 15 is 0 Å². The molecule has 0 saturated carbocycles. The molecule has 1 aliphatic rings. The molecule has 0 saturated heterocycles. The van der Waals surface area contributed by atoms with Crippen molar-refractivity contribution in [1.29, 1.82) is 0 Å². The predicted molar refractivity (Wildman–Crippen MR) is 84.7 cm³/mol. The number of aliphatic hydroxyl groups is 1. The smallest absolute Gasteiger partial charge is 0.228 e. The van der Waals surface area contributed by atoms with E-state index in [0.29, 0.717) is 11.3 Å². The minimum Gasteiger partial charge on any atom is -0.387 e. The highest BCUT2D eigenvalue weighted by Crippen LogP contribution is 2.32. The number of carbonyl (C=O) groups excluding carboxylic acids is 2. The van der Waals surface area contributed by atoms with E-state index in [1.807, 2.05) is 10.8 Å². The van der Waals surface area contributed by atoms with Gasteiger partial charge in [0.1, 0.15) is 5.82 Å². The Kier molecular flexibility index (Phi) is 4.40. The minimum atomic E-state index is -0.796. The Morgan fingerprint density at radius 2 is 2.30 bits per heavy atom. The number of hydrogen-bond acceptors (Lipinski definition) is 4. The molecular weight excluding hydrogens is 319 g/mol. The van der Waals surface area contributed by atoms with Crippen molar-refractivity contribution in [1.82, 2.24) is 5.32 Å². The van der Waals surface area contributed by atoms with Crippen molar-refractivity contribution >= 4 is 28.8 Å². The van der Waals surface area contributed by atoms with E-state index < -0.39 is 17.8 Å². The van der Waals surface area contributed by atoms with Crippen molar-refractivity contribution in [2.75, 3.05) is 11.9 Å². The Balaban J connectivity index is 1.71. The Hall–Kier alpha value is -2.25. The molecule has 1 aliphatic heterocycles. The third-order valence-electron chi connectivity index (χ3n) is 3.77. The quantitative estimate of drug-likeness (QED) is 0.802. The van der Waals surface area contributed by atoms with Crippen LogP contribution in [0.25, 0.3) is 0 Å². The van der Waals surface area contributed by atoms with E-state index in [2.05, 4.69) is 10.6 Å². The zero-order valence-electron chi connectivity index (χ0n) is 12.1. The highest BCUT2D eigenvalue weighted by molar-refractivity contribution is 7.07. The number of benzene rings is 1. The molecular formula is C16H15FN2O3S. The molecule has 3 rings (SSSR count). The van der Waals surface area contributed by atoms with Crippen molar-refractivity contribution in [3.63, 3.8) is 0 Å². The third-order valence-corrected chi connectivity index (χ3v) is 4.47. The van der Waals surface area contributed by atoms with E-state index in [1.54, 1.807) is 6.07 Å². The van der Waals surface area contributed by atoms with Gasteiger partial charge in [-0.1, -0.05) is 6.07 Å². The summed E-state index contributed by atoms with van der Waals surface area (Å²) < 4.78 is 13.3. The van der Waals surface area contributed by atoms with E-state index in [1.165, 1.54) is 29.5 Å². The molecule has 0 spiro atoms. The van der Waals surface area contributed by atoms with Gasteiger partial charge in [0.25, 0.3) is 0 Å². The summed E-state index contributed by atoms with van der Waals surface area (Å²) in [7, 11) is 0. The third kappa shape index (κ3) is 3.40. The molecule has 0 fully saturated rings. The van der Waals surface area contributed by atoms with Crippen LogP contribution in [0, 0.1) is 5.82 Å². The van der Waals surface area contributed by atoms with Crippen LogP contribution in [0.2, 0.25) is 0 Å². The summed E-state index contributed by atoms with van der Waals surface area (Å²) in [5, 5.41) is 18.9. The lowest BCUT2D eigenvalue weighted by Crippen LogP contribution is -2.36. The summed E-state index contributed by atoms with van der Waals surface area (Å²) in [6, 6.07) is 5.75. The maximum atomic E-state index is 13.3. The molecule has 1 aromatic carbocycles. The summed E-state index contributed by atoms with van der Waals surface area (Å²) >= 11 is 1.46. The molecule has 7 heteroatoms. The largest absolute Gasteiger partial charge is 0.387 e. The van der Waals surface area contributed by atoms with Crippen molar-refractivity contribution in [3.8, 4) is 0 Å². The summed E-state index contributed by atoms with van der Waals surface area (Å²) in [6.45, 7) is 0.0597. The fourth-order valence-corrected chi connectivity index (χ4v) is 3.28. The standard InChI is InChI=1S/C16H15FN2O3S/c17-10-1-2-11-12(6-15(21)19-13(11)5-10)16(22)18-7-14(20)9-3-4-23-8-9/h1-5,8,12,14,20H,6-7H2,(H,18,22)(H,19,21). The number of nitrogens with one attached hydrogen (secondary N) is 2. The maximum absolute atomic E-state index is 13.3. The van der Waals surface area contributed by atoms with Crippen LogP contribution in [0.4, 0.5) is 10.1 Å². The van der Waals surface area contributed by atoms with Gasteiger partial charge in [-0.15, -0.1) is 0 Å². The molecule has 23 heavy (non-hydrogen) atoms. The lowest BCUT2D eigenvalue weighted by Gasteiger charge is -2.25. The van der Waals surface area contributed by atoms with Crippen LogP contribution in [-0.4, -0.2) is 23.5 Å². The minimum absolute atomic E-state index is 0.000980. The lowest BCUT2D eigenvalue weighted by molar-refractivity contribution is -0.126. The Morgan fingerprint density at radius 1 is 1.48 bits per heavy atom. The number of hydrogen-bond donors (Lipinski definition) is 3. The molecule has 2 unspecified atom stereocenters. The molecule has 0 radical (unpaired) electrons. The molecule has 5 nitrogen and oxygen atoms in total. The lowest BCUT2D eigenvalue weighted by atomic mass is 9.89. The molecule has 2 atom stereocenters. The van der Waals surface area contributed by atoms with Gasteiger partial charge in [0.15, 0.2) is 0 Å². The van der Waals surface area contributed by atoms with E-state index in [0.717, 1.165) is 5.56 Å². The Bertz CT molecular complexity index is 733. The van der Waals surface area contributed by atoms with Crippen LogP contribution in [0.1, 0.15) is 29.6 Å². The van der Waals surface area contributed by atoms with Gasteiger partial charge in [0.2, 0.25) is 11.8 Å². The van der Waals surface area contributed by atoms with Gasteiger partial charge < -0.3 is 15.7 Å². The number of carbonyl (C=O) groups is 2. The summed E-state index contributed by atoms with van der Waals surface area (Å²) in [4.78, 5) is 24.1. The van der Waals surface area contributed by atoms with Crippen LogP contribution in [0.15, 0.2) is 35.0 Å². The van der Waals surface area contributed by atoms with Crippen LogP contribution in [-0.2, 0) is 9.59 Å². The molecule has 120 valence electrons. The topological polar surface area (TPSA) is 78.4 Å². The number of amides is 2. The number of fused-ring (bicyclic) bond motifs is 1. The summed E-state index contributed by atoms with van der Waals surface area (Å²) in [5.41, 5.74) is 1.63. The summed E-state index contributed by atoms with van der Waals surface area (Å²) in [6.07, 6.45) is -0.797. The predicted octanol–water partition coefficient (Wildman–Crippen LogP) is 2.16. The highest BCUT2D eigenvalue weighted by atomic mass is 32.1. The van der Waals surface area contributed by atoms with Crippen molar-refractivity contribution in [3.05, 3.63) is 52.0 Å². The zero-order chi connectivity index (χ0) is 16.4. The molecule has 3 N–H and O–H groups in total. The first-order chi connectivity index (χ1) is 11.0. The molecule has 2 aromatic rings. The first-order valence-corrected chi connectivity index (χ1v) is 8.06. The average Bonchev–Trinajstić information content (AvgIpc) is 3.05. The molecule has 2 heterocycles. The van der Waals surface area contributed by atoms with Crippen LogP contribution in [0.5, 0.6) is 0 Å². The van der Waals surface area contributed by atoms with Crippen molar-refractivity contribution in [2.24, 2.45) is 0 Å². The average molecular weight is 334 g/mol. The van der Waals surface area contributed by atoms with Crippen LogP contribution < -0.4 is 10.6 Å². The van der Waals surface area contributed by atoms with Gasteiger partial charge in [-0.2, -0.15) is 11.3 Å². The molecule has 2 amide bonds. The Labute approximate surface area is 136 Å². The number of halogens is 1. The molecule has 1 aromatic heterocycles. The van der Waals surface area contributed by atoms with Crippen LogP contribution >= 0.6 is 11.3 Å². The van der Waals surface area contributed by atoms with E-state index in [4.69, 9.17) is 0 Å². The second kappa shape index (κ2) is 6.47. The fraction of sp³-hybridized carbons (Fsp3) is 0.250. The van der Waals surface area contributed by atoms with Gasteiger partial charge in [0, 0.05) is 18.7 Å². The second-order valence-electron chi connectivity index (χ2n) is 5.35. The van der Waals surface area contributed by atoms with Crippen LogP contribution in [0.3, 0.4) is 0 Å². The van der Waals surface area contributed by atoms with Crippen molar-refractivity contribution in [2.45, 2.75) is 18.4 Å². The molecule has 0 bridgehead atoms. The normalized spacial score (nSPS) is 18.0. The molecule has 0 aliphatic carbocycles. The number of anilines is 1. The zero-order valence-corrected chi connectivity index (χ0v) is 12.9. The fourth-order valence-electron chi connectivity index (χ4n) is 2.57. The van der Waals surface area contributed by atoms with Gasteiger partial charge in [0.05, 0.1) is 12.0 Å². The number of rotatable bonds is 4. The number of aliphatic hydroxyl groups excluding tert-OH is 1. The van der Waals surface area contributed by atoms with Crippen molar-refractivity contribution < 1.29 is 19.1 Å². The first-order valence-electron chi connectivity index (χ1n) is 7.12. The number of thiophene rings is 1. The van der Waals surface area contributed by atoms with Gasteiger partial charge >= 0.3 is 0 Å².